The zero-order chi connectivity index (χ0) is 27.2. The number of benzene rings is 1. The van der Waals surface area contributed by atoms with Crippen molar-refractivity contribution >= 4 is 0 Å². The van der Waals surface area contributed by atoms with Gasteiger partial charge < -0.3 is 0 Å². The van der Waals surface area contributed by atoms with Crippen molar-refractivity contribution < 1.29 is 0 Å². The van der Waals surface area contributed by atoms with Crippen LogP contribution in [0.15, 0.2) is 53.6 Å². The molecule has 1 N–H and O–H groups in total. The molecule has 8 nitrogen and oxygen atoms in total. The van der Waals surface area contributed by atoms with Crippen LogP contribution in [-0.4, -0.2) is 34.7 Å². The van der Waals surface area contributed by atoms with Crippen molar-refractivity contribution in [1.82, 2.24) is 34.7 Å². The molecule has 1 saturated carbocycles. The summed E-state index contributed by atoms with van der Waals surface area (Å²) in [5, 5.41) is 14.4. The van der Waals surface area contributed by atoms with Crippen molar-refractivity contribution in [3.63, 3.8) is 0 Å². The van der Waals surface area contributed by atoms with Gasteiger partial charge in [0.05, 0.1) is 12.2 Å². The van der Waals surface area contributed by atoms with Crippen LogP contribution in [0.5, 0.6) is 0 Å². The highest BCUT2D eigenvalue weighted by atomic mass is 16.1. The predicted octanol–water partition coefficient (Wildman–Crippen LogP) is 6.59. The maximum Gasteiger partial charge on any atom is 0.328 e. The average Bonchev–Trinajstić information content (AvgIpc) is 3.56. The number of H-pyrrole nitrogens is 1. The van der Waals surface area contributed by atoms with Gasteiger partial charge in [-0.05, 0) is 66.0 Å². The molecule has 1 fully saturated rings. The lowest BCUT2D eigenvalue weighted by atomic mass is 9.72. The zero-order valence-corrected chi connectivity index (χ0v) is 23.6. The van der Waals surface area contributed by atoms with Crippen molar-refractivity contribution in [3.8, 4) is 22.5 Å². The molecule has 0 aliphatic heterocycles. The monoisotopic (exact) mass is 527 g/mol. The molecule has 8 heteroatoms. The summed E-state index contributed by atoms with van der Waals surface area (Å²) < 4.78 is 4.09. The molecule has 1 aliphatic rings. The molecule has 0 amide bonds. The van der Waals surface area contributed by atoms with Crippen molar-refractivity contribution in [2.24, 2.45) is 5.41 Å². The topological polar surface area (TPSA) is 94.3 Å². The number of tetrazole rings is 1. The summed E-state index contributed by atoms with van der Waals surface area (Å²) in [4.78, 5) is 18.8. The fourth-order valence-corrected chi connectivity index (χ4v) is 6.52. The minimum Gasteiger partial charge on any atom is -0.295 e. The van der Waals surface area contributed by atoms with Crippen LogP contribution in [0.2, 0.25) is 0 Å². The molecule has 1 aliphatic carbocycles. The van der Waals surface area contributed by atoms with Gasteiger partial charge in [0.1, 0.15) is 0 Å². The molecule has 5 rings (SSSR count). The molecule has 1 unspecified atom stereocenters. The Labute approximate surface area is 230 Å². The summed E-state index contributed by atoms with van der Waals surface area (Å²) in [6.07, 6.45) is 15.4. The first-order valence-corrected chi connectivity index (χ1v) is 14.7. The third kappa shape index (κ3) is 5.47. The number of hydrogen-bond donors (Lipinski definition) is 1. The van der Waals surface area contributed by atoms with Crippen LogP contribution in [-0.2, 0) is 13.0 Å². The summed E-state index contributed by atoms with van der Waals surface area (Å²) in [6, 6.07) is 12.4. The van der Waals surface area contributed by atoms with E-state index in [-0.39, 0.29) is 17.1 Å². The standard InChI is InChI=1S/C31H41N7O/c1-4-7-13-25-22-38(28-16-9-8-12-19-31(28,5-2)6-3)30(39)37(25)21-24-18-17-23(20-32-24)26-14-10-11-15-27(26)29-33-35-36-34-29/h10-11,14-15,17-18,20,22,28H,4-9,12-13,16,19,21H2,1-3H3,(H,33,34,35,36). The molecule has 4 aromatic rings. The molecular formula is C31H41N7O. The van der Waals surface area contributed by atoms with E-state index in [1.807, 2.05) is 41.1 Å². The highest BCUT2D eigenvalue weighted by molar-refractivity contribution is 5.79. The maximum atomic E-state index is 14.0. The van der Waals surface area contributed by atoms with E-state index >= 15 is 0 Å². The minimum absolute atomic E-state index is 0.119. The number of aromatic amines is 1. The second-order valence-corrected chi connectivity index (χ2v) is 11.0. The zero-order valence-electron chi connectivity index (χ0n) is 23.6. The van der Waals surface area contributed by atoms with Crippen LogP contribution in [0.4, 0.5) is 0 Å². The van der Waals surface area contributed by atoms with E-state index in [4.69, 9.17) is 4.98 Å². The van der Waals surface area contributed by atoms with Crippen molar-refractivity contribution in [2.75, 3.05) is 0 Å². The number of nitrogens with one attached hydrogen (secondary N) is 1. The van der Waals surface area contributed by atoms with Gasteiger partial charge in [-0.3, -0.25) is 14.1 Å². The van der Waals surface area contributed by atoms with Crippen molar-refractivity contribution in [1.29, 1.82) is 0 Å². The Kier molecular flexibility index (Phi) is 8.38. The van der Waals surface area contributed by atoms with Gasteiger partial charge in [-0.15, -0.1) is 5.10 Å². The highest BCUT2D eigenvalue weighted by Gasteiger charge is 2.39. The quantitative estimate of drug-likeness (QED) is 0.235. The Morgan fingerprint density at radius 1 is 1.03 bits per heavy atom. The first-order chi connectivity index (χ1) is 19.1. The first kappa shape index (κ1) is 27.0. The number of hydrogen-bond acceptors (Lipinski definition) is 5. The average molecular weight is 528 g/mol. The van der Waals surface area contributed by atoms with Gasteiger partial charge in [-0.25, -0.2) is 9.89 Å². The van der Waals surface area contributed by atoms with Crippen LogP contribution in [0.3, 0.4) is 0 Å². The van der Waals surface area contributed by atoms with Crippen LogP contribution in [0, 0.1) is 5.41 Å². The second kappa shape index (κ2) is 12.1. The second-order valence-electron chi connectivity index (χ2n) is 11.0. The van der Waals surface area contributed by atoms with Gasteiger partial charge in [-0.1, -0.05) is 76.8 Å². The summed E-state index contributed by atoms with van der Waals surface area (Å²) in [5.74, 6) is 0.622. The number of nitrogens with zero attached hydrogens (tertiary/aromatic N) is 6. The Balaban J connectivity index is 1.47. The molecule has 0 spiro atoms. The summed E-state index contributed by atoms with van der Waals surface area (Å²) in [5.41, 5.74) is 5.23. The van der Waals surface area contributed by atoms with Gasteiger partial charge in [0.15, 0.2) is 5.82 Å². The SMILES string of the molecule is CCCCc1cn(C2CCCCCC2(CC)CC)c(=O)n1Cc1ccc(-c2ccccc2-c2nnn[nH]2)cn1. The third-order valence-electron chi connectivity index (χ3n) is 8.96. The summed E-state index contributed by atoms with van der Waals surface area (Å²) in [6.45, 7) is 7.31. The Bertz CT molecular complexity index is 1400. The van der Waals surface area contributed by atoms with E-state index in [0.29, 0.717) is 12.4 Å². The normalized spacial score (nSPS) is 17.3. The van der Waals surface area contributed by atoms with E-state index in [1.165, 1.54) is 25.7 Å². The van der Waals surface area contributed by atoms with Gasteiger partial charge in [0.2, 0.25) is 0 Å². The van der Waals surface area contributed by atoms with Gasteiger partial charge in [-0.2, -0.15) is 0 Å². The van der Waals surface area contributed by atoms with E-state index in [1.54, 1.807) is 0 Å². The fraction of sp³-hybridized carbons (Fsp3) is 0.516. The molecule has 206 valence electrons. The summed E-state index contributed by atoms with van der Waals surface area (Å²) >= 11 is 0. The molecule has 3 aromatic heterocycles. The predicted molar refractivity (Wildman–Crippen MR) is 154 cm³/mol. The van der Waals surface area contributed by atoms with Gasteiger partial charge in [0.25, 0.3) is 0 Å². The molecule has 39 heavy (non-hydrogen) atoms. The third-order valence-corrected chi connectivity index (χ3v) is 8.96. The fourth-order valence-electron chi connectivity index (χ4n) is 6.52. The van der Waals surface area contributed by atoms with E-state index < -0.39 is 0 Å². The Morgan fingerprint density at radius 2 is 1.85 bits per heavy atom. The molecule has 0 radical (unpaired) electrons. The minimum atomic E-state index is 0.119. The van der Waals surface area contributed by atoms with Crippen molar-refractivity contribution in [3.05, 3.63) is 70.7 Å². The molecular weight excluding hydrogens is 486 g/mol. The maximum absolute atomic E-state index is 14.0. The lowest BCUT2D eigenvalue weighted by Crippen LogP contribution is -2.37. The lowest BCUT2D eigenvalue weighted by molar-refractivity contribution is 0.131. The van der Waals surface area contributed by atoms with E-state index in [2.05, 4.69) is 58.2 Å². The van der Waals surface area contributed by atoms with Gasteiger partial charge in [0, 0.05) is 35.3 Å². The number of unbranched alkanes of at least 4 members (excludes halogenated alkanes) is 1. The van der Waals surface area contributed by atoms with E-state index in [0.717, 1.165) is 66.6 Å². The molecule has 3 heterocycles. The van der Waals surface area contributed by atoms with Gasteiger partial charge >= 0.3 is 5.69 Å². The Hall–Kier alpha value is -3.55. The van der Waals surface area contributed by atoms with Crippen LogP contribution in [0.1, 0.15) is 96.0 Å². The largest absolute Gasteiger partial charge is 0.328 e. The molecule has 1 aromatic carbocycles. The first-order valence-electron chi connectivity index (χ1n) is 14.7. The number of pyridine rings is 1. The highest BCUT2D eigenvalue weighted by Crippen LogP contribution is 2.47. The molecule has 1 atom stereocenters. The van der Waals surface area contributed by atoms with Crippen LogP contribution >= 0.6 is 0 Å². The molecule has 0 bridgehead atoms. The van der Waals surface area contributed by atoms with Crippen LogP contribution < -0.4 is 5.69 Å². The number of aryl methyl sites for hydroxylation is 1. The smallest absolute Gasteiger partial charge is 0.295 e. The number of aromatic nitrogens is 7. The molecule has 0 saturated heterocycles. The van der Waals surface area contributed by atoms with Crippen molar-refractivity contribution in [2.45, 2.75) is 97.6 Å². The van der Waals surface area contributed by atoms with E-state index in [9.17, 15) is 4.79 Å². The Morgan fingerprint density at radius 3 is 2.54 bits per heavy atom. The van der Waals surface area contributed by atoms with Crippen LogP contribution in [0.25, 0.3) is 22.5 Å². The summed E-state index contributed by atoms with van der Waals surface area (Å²) in [7, 11) is 0. The number of rotatable bonds is 10. The number of imidazole rings is 1. The lowest BCUT2D eigenvalue weighted by Gasteiger charge is -2.39.